The van der Waals surface area contributed by atoms with E-state index in [4.69, 9.17) is 4.42 Å². The molecule has 0 saturated heterocycles. The van der Waals surface area contributed by atoms with Crippen LogP contribution in [-0.2, 0) is 0 Å². The third kappa shape index (κ3) is 1.93. The van der Waals surface area contributed by atoms with Gasteiger partial charge in [0.05, 0.1) is 6.26 Å². The lowest BCUT2D eigenvalue weighted by Gasteiger charge is -1.94. The van der Waals surface area contributed by atoms with Crippen LogP contribution in [0.25, 0.3) is 10.8 Å². The highest BCUT2D eigenvalue weighted by Gasteiger charge is 2.07. The number of nitrogens with zero attached hydrogens (tertiary/aromatic N) is 2. The molecule has 14 heavy (non-hydrogen) atoms. The van der Waals surface area contributed by atoms with Gasteiger partial charge in [-0.2, -0.15) is 0 Å². The lowest BCUT2D eigenvalue weighted by molar-refractivity contribution is 0.581. The standard InChI is InChI=1S/C9H11N3OS/c1-2-5-10-9-12-11-8(14-9)7-4-3-6-13-7/h3-4,6H,2,5H2,1H3,(H,10,12). The van der Waals surface area contributed by atoms with Gasteiger partial charge in [0.2, 0.25) is 5.13 Å². The predicted octanol–water partition coefficient (Wildman–Crippen LogP) is 2.62. The molecule has 2 rings (SSSR count). The Balaban J connectivity index is 2.10. The summed E-state index contributed by atoms with van der Waals surface area (Å²) in [5.41, 5.74) is 0. The van der Waals surface area contributed by atoms with Gasteiger partial charge in [-0.25, -0.2) is 0 Å². The van der Waals surface area contributed by atoms with Gasteiger partial charge in [-0.05, 0) is 18.6 Å². The normalized spacial score (nSPS) is 10.4. The van der Waals surface area contributed by atoms with Crippen LogP contribution in [0.1, 0.15) is 13.3 Å². The van der Waals surface area contributed by atoms with Crippen LogP contribution in [0.4, 0.5) is 5.13 Å². The molecule has 0 atom stereocenters. The number of furan rings is 1. The molecule has 0 aliphatic carbocycles. The molecule has 0 aromatic carbocycles. The maximum atomic E-state index is 5.22. The van der Waals surface area contributed by atoms with Crippen LogP contribution in [0.3, 0.4) is 0 Å². The Kier molecular flexibility index (Phi) is 2.78. The summed E-state index contributed by atoms with van der Waals surface area (Å²) >= 11 is 1.50. The molecule has 1 N–H and O–H groups in total. The summed E-state index contributed by atoms with van der Waals surface area (Å²) in [6.07, 6.45) is 2.71. The van der Waals surface area contributed by atoms with Gasteiger partial charge in [0.1, 0.15) is 0 Å². The van der Waals surface area contributed by atoms with Crippen LogP contribution in [0.15, 0.2) is 22.8 Å². The highest BCUT2D eigenvalue weighted by atomic mass is 32.1. The lowest BCUT2D eigenvalue weighted by atomic mass is 10.5. The van der Waals surface area contributed by atoms with Crippen LogP contribution >= 0.6 is 11.3 Å². The SMILES string of the molecule is CCCNc1nnc(-c2ccco2)s1. The Morgan fingerprint density at radius 1 is 1.50 bits per heavy atom. The summed E-state index contributed by atoms with van der Waals surface area (Å²) in [5.74, 6) is 0.770. The molecule has 0 saturated carbocycles. The minimum absolute atomic E-state index is 0.770. The Hall–Kier alpha value is -1.36. The maximum Gasteiger partial charge on any atom is 0.206 e. The molecule has 0 aliphatic rings. The van der Waals surface area contributed by atoms with Gasteiger partial charge in [0.25, 0.3) is 0 Å². The topological polar surface area (TPSA) is 51.0 Å². The highest BCUT2D eigenvalue weighted by molar-refractivity contribution is 7.18. The quantitative estimate of drug-likeness (QED) is 0.841. The van der Waals surface area contributed by atoms with Crippen molar-refractivity contribution in [2.45, 2.75) is 13.3 Å². The number of hydrogen-bond acceptors (Lipinski definition) is 5. The first-order chi connectivity index (χ1) is 6.90. The van der Waals surface area contributed by atoms with E-state index in [0.717, 1.165) is 28.9 Å². The molecule has 74 valence electrons. The number of aromatic nitrogens is 2. The zero-order valence-corrected chi connectivity index (χ0v) is 8.67. The van der Waals surface area contributed by atoms with Crippen molar-refractivity contribution in [2.24, 2.45) is 0 Å². The molecule has 4 nitrogen and oxygen atoms in total. The number of anilines is 1. The van der Waals surface area contributed by atoms with E-state index in [9.17, 15) is 0 Å². The third-order valence-electron chi connectivity index (χ3n) is 1.68. The van der Waals surface area contributed by atoms with Crippen LogP contribution in [0.2, 0.25) is 0 Å². The van der Waals surface area contributed by atoms with E-state index in [2.05, 4.69) is 22.4 Å². The van der Waals surface area contributed by atoms with Gasteiger partial charge >= 0.3 is 0 Å². The average Bonchev–Trinajstić information content (AvgIpc) is 2.85. The van der Waals surface area contributed by atoms with E-state index in [1.54, 1.807) is 6.26 Å². The second-order valence-corrected chi connectivity index (χ2v) is 3.79. The summed E-state index contributed by atoms with van der Waals surface area (Å²) in [6, 6.07) is 3.72. The Morgan fingerprint density at radius 3 is 3.14 bits per heavy atom. The zero-order chi connectivity index (χ0) is 9.80. The fourth-order valence-electron chi connectivity index (χ4n) is 1.03. The van der Waals surface area contributed by atoms with Crippen molar-refractivity contribution in [3.63, 3.8) is 0 Å². The minimum atomic E-state index is 0.770. The van der Waals surface area contributed by atoms with Crippen molar-refractivity contribution in [1.82, 2.24) is 10.2 Å². The summed E-state index contributed by atoms with van der Waals surface area (Å²) in [4.78, 5) is 0. The fourth-order valence-corrected chi connectivity index (χ4v) is 1.76. The molecule has 0 unspecified atom stereocenters. The summed E-state index contributed by atoms with van der Waals surface area (Å²) in [5, 5.41) is 12.9. The van der Waals surface area contributed by atoms with Crippen LogP contribution in [-0.4, -0.2) is 16.7 Å². The lowest BCUT2D eigenvalue weighted by Crippen LogP contribution is -1.98. The van der Waals surface area contributed by atoms with E-state index in [1.807, 2.05) is 12.1 Å². The molecule has 0 amide bonds. The molecule has 0 fully saturated rings. The van der Waals surface area contributed by atoms with E-state index in [1.165, 1.54) is 11.3 Å². The van der Waals surface area contributed by atoms with E-state index < -0.39 is 0 Å². The molecule has 2 heterocycles. The predicted molar refractivity (Wildman–Crippen MR) is 56.4 cm³/mol. The van der Waals surface area contributed by atoms with E-state index >= 15 is 0 Å². The molecule has 2 aromatic heterocycles. The molecule has 0 aliphatic heterocycles. The zero-order valence-electron chi connectivity index (χ0n) is 7.86. The van der Waals surface area contributed by atoms with Crippen molar-refractivity contribution in [2.75, 3.05) is 11.9 Å². The third-order valence-corrected chi connectivity index (χ3v) is 2.58. The van der Waals surface area contributed by atoms with Crippen molar-refractivity contribution in [3.8, 4) is 10.8 Å². The second-order valence-electron chi connectivity index (χ2n) is 2.82. The molecular formula is C9H11N3OS. The molecule has 0 spiro atoms. The summed E-state index contributed by atoms with van der Waals surface area (Å²) < 4.78 is 5.22. The molecule has 0 bridgehead atoms. The van der Waals surface area contributed by atoms with Crippen LogP contribution < -0.4 is 5.32 Å². The second kappa shape index (κ2) is 4.23. The minimum Gasteiger partial charge on any atom is -0.462 e. The summed E-state index contributed by atoms with van der Waals surface area (Å²) in [6.45, 7) is 3.04. The number of nitrogens with one attached hydrogen (secondary N) is 1. The molecule has 2 aromatic rings. The molecule has 5 heteroatoms. The van der Waals surface area contributed by atoms with Crippen molar-refractivity contribution >= 4 is 16.5 Å². The van der Waals surface area contributed by atoms with Gasteiger partial charge in [-0.1, -0.05) is 18.3 Å². The average molecular weight is 209 g/mol. The van der Waals surface area contributed by atoms with Gasteiger partial charge in [0, 0.05) is 6.54 Å². The first-order valence-electron chi connectivity index (χ1n) is 4.51. The first kappa shape index (κ1) is 9.21. The number of hydrogen-bond donors (Lipinski definition) is 1. The number of rotatable bonds is 4. The Morgan fingerprint density at radius 2 is 2.43 bits per heavy atom. The van der Waals surface area contributed by atoms with Gasteiger partial charge < -0.3 is 9.73 Å². The van der Waals surface area contributed by atoms with E-state index in [-0.39, 0.29) is 0 Å². The summed E-state index contributed by atoms with van der Waals surface area (Å²) in [7, 11) is 0. The first-order valence-corrected chi connectivity index (χ1v) is 5.33. The molecule has 0 radical (unpaired) electrons. The molecular weight excluding hydrogens is 198 g/mol. The smallest absolute Gasteiger partial charge is 0.206 e. The van der Waals surface area contributed by atoms with Gasteiger partial charge in [-0.3, -0.25) is 0 Å². The van der Waals surface area contributed by atoms with Crippen molar-refractivity contribution in [3.05, 3.63) is 18.4 Å². The highest BCUT2D eigenvalue weighted by Crippen LogP contribution is 2.26. The van der Waals surface area contributed by atoms with Crippen molar-refractivity contribution < 1.29 is 4.42 Å². The Labute approximate surface area is 86.0 Å². The van der Waals surface area contributed by atoms with Gasteiger partial charge in [0.15, 0.2) is 10.8 Å². The Bertz CT molecular complexity index is 382. The van der Waals surface area contributed by atoms with Crippen LogP contribution in [0.5, 0.6) is 0 Å². The monoisotopic (exact) mass is 209 g/mol. The van der Waals surface area contributed by atoms with Crippen molar-refractivity contribution in [1.29, 1.82) is 0 Å². The van der Waals surface area contributed by atoms with E-state index in [0.29, 0.717) is 0 Å². The van der Waals surface area contributed by atoms with Crippen LogP contribution in [0, 0.1) is 0 Å². The maximum absolute atomic E-state index is 5.22. The fraction of sp³-hybridized carbons (Fsp3) is 0.333. The van der Waals surface area contributed by atoms with Gasteiger partial charge in [-0.15, -0.1) is 10.2 Å². The largest absolute Gasteiger partial charge is 0.462 e.